The molecule has 0 aliphatic carbocycles. The first-order valence-corrected chi connectivity index (χ1v) is 10.1. The Morgan fingerprint density at radius 1 is 1.24 bits per heavy atom. The summed E-state index contributed by atoms with van der Waals surface area (Å²) in [6.45, 7) is 2.38. The minimum absolute atomic E-state index is 0.0255. The summed E-state index contributed by atoms with van der Waals surface area (Å²) < 4.78 is 0. The van der Waals surface area contributed by atoms with Crippen molar-refractivity contribution in [2.24, 2.45) is 0 Å². The highest BCUT2D eigenvalue weighted by Gasteiger charge is 2.18. The molecule has 3 rings (SSSR count). The van der Waals surface area contributed by atoms with Crippen LogP contribution in [0.1, 0.15) is 15.4 Å². The summed E-state index contributed by atoms with van der Waals surface area (Å²) in [6, 6.07) is 9.48. The van der Waals surface area contributed by atoms with Gasteiger partial charge in [-0.25, -0.2) is 4.98 Å². The van der Waals surface area contributed by atoms with E-state index in [2.05, 4.69) is 4.98 Å². The number of hydrogen-bond donors (Lipinski definition) is 0. The molecule has 0 bridgehead atoms. The molecular weight excluding hydrogens is 395 g/mol. The molecule has 0 N–H and O–H groups in total. The number of carbonyl (C=O) groups excluding carboxylic acids is 1. The Hall–Kier alpha value is -1.40. The highest BCUT2D eigenvalue weighted by atomic mass is 35.5. The number of benzene rings is 1. The highest BCUT2D eigenvalue weighted by Crippen LogP contribution is 2.32. The van der Waals surface area contributed by atoms with Gasteiger partial charge in [0.25, 0.3) is 0 Å². The van der Waals surface area contributed by atoms with Crippen LogP contribution in [0.4, 0.5) is 0 Å². The molecule has 3 nitrogen and oxygen atoms in total. The summed E-state index contributed by atoms with van der Waals surface area (Å²) in [5.74, 6) is 0.0255. The molecule has 2 aromatic heterocycles. The zero-order valence-corrected chi connectivity index (χ0v) is 16.9. The van der Waals surface area contributed by atoms with Crippen LogP contribution in [-0.2, 0) is 17.8 Å². The first kappa shape index (κ1) is 18.4. The number of thiophene rings is 1. The topological polar surface area (TPSA) is 33.2 Å². The Kier molecular flexibility index (Phi) is 5.79. The third-order valence-corrected chi connectivity index (χ3v) is 6.44. The largest absolute Gasteiger partial charge is 0.341 e. The smallest absolute Gasteiger partial charge is 0.227 e. The minimum atomic E-state index is 0.0255. The van der Waals surface area contributed by atoms with Crippen molar-refractivity contribution < 1.29 is 4.79 Å². The van der Waals surface area contributed by atoms with Crippen LogP contribution >= 0.6 is 45.9 Å². The van der Waals surface area contributed by atoms with Crippen LogP contribution in [0.5, 0.6) is 0 Å². The van der Waals surface area contributed by atoms with Crippen LogP contribution in [0, 0.1) is 6.92 Å². The molecule has 2 heterocycles. The zero-order chi connectivity index (χ0) is 18.0. The van der Waals surface area contributed by atoms with Crippen molar-refractivity contribution in [1.29, 1.82) is 0 Å². The Morgan fingerprint density at radius 2 is 2.04 bits per heavy atom. The zero-order valence-electron chi connectivity index (χ0n) is 13.8. The minimum Gasteiger partial charge on any atom is -0.341 e. The predicted molar refractivity (Wildman–Crippen MR) is 107 cm³/mol. The van der Waals surface area contributed by atoms with Gasteiger partial charge < -0.3 is 4.90 Å². The van der Waals surface area contributed by atoms with Crippen LogP contribution in [0.15, 0.2) is 35.7 Å². The Labute approximate surface area is 164 Å². The van der Waals surface area contributed by atoms with E-state index in [9.17, 15) is 4.79 Å². The average molecular weight is 411 g/mol. The number of hydrogen-bond acceptors (Lipinski definition) is 4. The van der Waals surface area contributed by atoms with Gasteiger partial charge in [-0.2, -0.15) is 0 Å². The van der Waals surface area contributed by atoms with E-state index in [-0.39, 0.29) is 5.91 Å². The number of nitrogens with zero attached hydrogens (tertiary/aromatic N) is 2. The molecule has 1 amide bonds. The van der Waals surface area contributed by atoms with Crippen molar-refractivity contribution >= 4 is 51.8 Å². The molecule has 25 heavy (non-hydrogen) atoms. The van der Waals surface area contributed by atoms with Gasteiger partial charge in [0.05, 0.1) is 32.0 Å². The van der Waals surface area contributed by atoms with Crippen LogP contribution in [-0.4, -0.2) is 22.8 Å². The lowest BCUT2D eigenvalue weighted by Gasteiger charge is -2.18. The molecule has 1 aromatic carbocycles. The van der Waals surface area contributed by atoms with Crippen LogP contribution in [0.3, 0.4) is 0 Å². The maximum absolute atomic E-state index is 12.7. The predicted octanol–water partition coefficient (Wildman–Crippen LogP) is 5.69. The molecule has 0 fully saturated rings. The van der Waals surface area contributed by atoms with Crippen LogP contribution < -0.4 is 0 Å². The second kappa shape index (κ2) is 7.87. The second-order valence-electron chi connectivity index (χ2n) is 5.62. The monoisotopic (exact) mass is 410 g/mol. The molecule has 0 saturated carbocycles. The van der Waals surface area contributed by atoms with Gasteiger partial charge in [-0.1, -0.05) is 41.4 Å². The average Bonchev–Trinajstić information content (AvgIpc) is 3.21. The van der Waals surface area contributed by atoms with Gasteiger partial charge in [-0.15, -0.1) is 22.7 Å². The number of rotatable bonds is 5. The second-order valence-corrected chi connectivity index (χ2v) is 8.64. The standard InChI is InChI=1S/C18H16Cl2N2OS2/c1-11-21-18(14-7-4-8-24-14)15(25-11)9-16(23)22(2)10-12-5-3-6-13(19)17(12)20/h3-8H,9-10H2,1-2H3. The summed E-state index contributed by atoms with van der Waals surface area (Å²) in [4.78, 5) is 21.0. The van der Waals surface area contributed by atoms with Gasteiger partial charge >= 0.3 is 0 Å². The highest BCUT2D eigenvalue weighted by molar-refractivity contribution is 7.15. The van der Waals surface area contributed by atoms with E-state index in [0.29, 0.717) is 23.0 Å². The van der Waals surface area contributed by atoms with Crippen molar-refractivity contribution in [1.82, 2.24) is 9.88 Å². The van der Waals surface area contributed by atoms with Crippen molar-refractivity contribution in [3.8, 4) is 10.6 Å². The summed E-state index contributed by atoms with van der Waals surface area (Å²) in [6.07, 6.45) is 0.327. The van der Waals surface area contributed by atoms with E-state index < -0.39 is 0 Å². The molecule has 0 saturated heterocycles. The number of amides is 1. The summed E-state index contributed by atoms with van der Waals surface area (Å²) in [7, 11) is 1.78. The molecule has 0 spiro atoms. The summed E-state index contributed by atoms with van der Waals surface area (Å²) in [5, 5.41) is 3.98. The first-order valence-electron chi connectivity index (χ1n) is 7.62. The molecule has 7 heteroatoms. The molecule has 0 atom stereocenters. The Balaban J connectivity index is 1.75. The fourth-order valence-electron chi connectivity index (χ4n) is 2.48. The van der Waals surface area contributed by atoms with Crippen molar-refractivity contribution in [2.75, 3.05) is 7.05 Å². The van der Waals surface area contributed by atoms with Gasteiger partial charge in [0.1, 0.15) is 0 Å². The Morgan fingerprint density at radius 3 is 2.76 bits per heavy atom. The normalized spacial score (nSPS) is 10.9. The summed E-state index contributed by atoms with van der Waals surface area (Å²) >= 11 is 15.5. The molecule has 130 valence electrons. The van der Waals surface area contributed by atoms with E-state index in [1.807, 2.05) is 36.6 Å². The van der Waals surface area contributed by atoms with E-state index in [0.717, 1.165) is 26.0 Å². The molecule has 0 aliphatic heterocycles. The van der Waals surface area contributed by atoms with Gasteiger partial charge in [0.2, 0.25) is 5.91 Å². The maximum atomic E-state index is 12.7. The summed E-state index contributed by atoms with van der Waals surface area (Å²) in [5.41, 5.74) is 1.75. The lowest BCUT2D eigenvalue weighted by Crippen LogP contribution is -2.27. The molecular formula is C18H16Cl2N2OS2. The lowest BCUT2D eigenvalue weighted by molar-refractivity contribution is -0.129. The van der Waals surface area contributed by atoms with E-state index in [1.54, 1.807) is 40.7 Å². The fourth-order valence-corrected chi connectivity index (χ4v) is 4.61. The van der Waals surface area contributed by atoms with Crippen molar-refractivity contribution in [3.05, 3.63) is 61.2 Å². The third kappa shape index (κ3) is 4.23. The van der Waals surface area contributed by atoms with Gasteiger partial charge in [0.15, 0.2) is 0 Å². The molecule has 3 aromatic rings. The van der Waals surface area contributed by atoms with Crippen LogP contribution in [0.25, 0.3) is 10.6 Å². The number of carbonyl (C=O) groups is 1. The third-order valence-electron chi connectivity index (χ3n) is 3.74. The quantitative estimate of drug-likeness (QED) is 0.541. The van der Waals surface area contributed by atoms with Gasteiger partial charge in [0, 0.05) is 18.5 Å². The molecule has 0 radical (unpaired) electrons. The number of halogens is 2. The van der Waals surface area contributed by atoms with E-state index in [1.165, 1.54) is 0 Å². The fraction of sp³-hybridized carbons (Fsp3) is 0.222. The number of thiazole rings is 1. The SMILES string of the molecule is Cc1nc(-c2cccs2)c(CC(=O)N(C)Cc2cccc(Cl)c2Cl)s1. The van der Waals surface area contributed by atoms with E-state index >= 15 is 0 Å². The van der Waals surface area contributed by atoms with Crippen molar-refractivity contribution in [2.45, 2.75) is 19.9 Å². The maximum Gasteiger partial charge on any atom is 0.227 e. The number of aromatic nitrogens is 1. The lowest BCUT2D eigenvalue weighted by atomic mass is 10.2. The molecule has 0 unspecified atom stereocenters. The van der Waals surface area contributed by atoms with Crippen LogP contribution in [0.2, 0.25) is 10.0 Å². The van der Waals surface area contributed by atoms with Gasteiger partial charge in [-0.3, -0.25) is 4.79 Å². The Bertz CT molecular complexity index is 891. The van der Waals surface area contributed by atoms with Crippen molar-refractivity contribution in [3.63, 3.8) is 0 Å². The van der Waals surface area contributed by atoms with E-state index in [4.69, 9.17) is 23.2 Å². The molecule has 0 aliphatic rings. The number of likely N-dealkylation sites (N-methyl/N-ethyl adjacent to an activating group) is 1. The van der Waals surface area contributed by atoms with Gasteiger partial charge in [-0.05, 0) is 30.0 Å². The first-order chi connectivity index (χ1) is 12.0. The number of aryl methyl sites for hydroxylation is 1.